The van der Waals surface area contributed by atoms with Gasteiger partial charge in [0.15, 0.2) is 0 Å². The second kappa shape index (κ2) is 5.19. The van der Waals surface area contributed by atoms with E-state index in [1.807, 2.05) is 24.4 Å². The van der Waals surface area contributed by atoms with Crippen molar-refractivity contribution in [3.05, 3.63) is 30.5 Å². The van der Waals surface area contributed by atoms with Gasteiger partial charge in [-0.15, -0.1) is 0 Å². The number of fused-ring (bicyclic) bond motifs is 1. The van der Waals surface area contributed by atoms with Gasteiger partial charge in [0, 0.05) is 35.3 Å². The summed E-state index contributed by atoms with van der Waals surface area (Å²) >= 11 is 0. The van der Waals surface area contributed by atoms with Crippen LogP contribution in [0.4, 0.5) is 11.4 Å². The Morgan fingerprint density at radius 2 is 2.19 bits per heavy atom. The lowest BCUT2D eigenvalue weighted by molar-refractivity contribution is -0.0975. The Morgan fingerprint density at radius 1 is 1.38 bits per heavy atom. The zero-order valence-electron chi connectivity index (χ0n) is 12.9. The fourth-order valence-corrected chi connectivity index (χ4v) is 3.13. The Morgan fingerprint density at radius 3 is 2.90 bits per heavy atom. The van der Waals surface area contributed by atoms with Crippen LogP contribution < -0.4 is 11.1 Å². The van der Waals surface area contributed by atoms with Crippen molar-refractivity contribution in [2.75, 3.05) is 17.7 Å². The second-order valence-electron chi connectivity index (χ2n) is 6.30. The van der Waals surface area contributed by atoms with E-state index in [1.54, 1.807) is 0 Å². The summed E-state index contributed by atoms with van der Waals surface area (Å²) in [5, 5.41) is 4.73. The van der Waals surface area contributed by atoms with Gasteiger partial charge in [0.25, 0.3) is 0 Å². The Labute approximate surface area is 125 Å². The van der Waals surface area contributed by atoms with Crippen LogP contribution in [-0.2, 0) is 4.74 Å². The number of hydrogen-bond donors (Lipinski definition) is 2. The number of nitrogens with one attached hydrogen (secondary N) is 1. The summed E-state index contributed by atoms with van der Waals surface area (Å²) in [6.45, 7) is 7.34. The molecule has 21 heavy (non-hydrogen) atoms. The summed E-state index contributed by atoms with van der Waals surface area (Å²) in [7, 11) is 0. The zero-order valence-corrected chi connectivity index (χ0v) is 12.9. The molecule has 0 saturated heterocycles. The summed E-state index contributed by atoms with van der Waals surface area (Å²) in [5.41, 5.74) is 8.82. The molecule has 0 radical (unpaired) electrons. The lowest BCUT2D eigenvalue weighted by atomic mass is 9.64. The summed E-state index contributed by atoms with van der Waals surface area (Å²) in [6.07, 6.45) is 3.18. The van der Waals surface area contributed by atoms with Crippen molar-refractivity contribution >= 4 is 22.3 Å². The largest absolute Gasteiger partial charge is 0.397 e. The van der Waals surface area contributed by atoms with Crippen molar-refractivity contribution in [3.63, 3.8) is 0 Å². The molecule has 4 heteroatoms. The lowest BCUT2D eigenvalue weighted by Gasteiger charge is -2.52. The Hall–Kier alpha value is -1.81. The Balaban J connectivity index is 1.85. The van der Waals surface area contributed by atoms with Crippen LogP contribution >= 0.6 is 0 Å². The molecular formula is C17H23N3O. The first-order valence-electron chi connectivity index (χ1n) is 7.55. The molecule has 1 saturated carbocycles. The maximum Gasteiger partial charge on any atom is 0.0951 e. The maximum atomic E-state index is 6.01. The van der Waals surface area contributed by atoms with Crippen LogP contribution in [-0.4, -0.2) is 23.7 Å². The van der Waals surface area contributed by atoms with E-state index < -0.39 is 0 Å². The summed E-state index contributed by atoms with van der Waals surface area (Å²) in [4.78, 5) is 4.38. The minimum Gasteiger partial charge on any atom is -0.397 e. The van der Waals surface area contributed by atoms with Gasteiger partial charge in [-0.05, 0) is 25.5 Å². The number of ether oxygens (including phenoxy) is 1. The van der Waals surface area contributed by atoms with E-state index in [1.165, 1.54) is 0 Å². The van der Waals surface area contributed by atoms with E-state index in [0.717, 1.165) is 35.3 Å². The molecule has 2 atom stereocenters. The van der Waals surface area contributed by atoms with Crippen LogP contribution in [0.25, 0.3) is 10.9 Å². The summed E-state index contributed by atoms with van der Waals surface area (Å²) in [5.74, 6) is 0. The van der Waals surface area contributed by atoms with Crippen LogP contribution in [0.2, 0.25) is 0 Å². The highest BCUT2D eigenvalue weighted by Gasteiger charge is 2.48. The van der Waals surface area contributed by atoms with Gasteiger partial charge in [0.05, 0.1) is 17.3 Å². The molecule has 0 spiro atoms. The molecule has 0 bridgehead atoms. The molecule has 1 aliphatic rings. The average Bonchev–Trinajstić information content (AvgIpc) is 2.47. The molecule has 3 N–H and O–H groups in total. The van der Waals surface area contributed by atoms with E-state index in [0.29, 0.717) is 12.1 Å². The quantitative estimate of drug-likeness (QED) is 0.845. The number of aromatic nitrogens is 1. The molecule has 3 rings (SSSR count). The number of nitrogen functional groups attached to an aromatic ring is 1. The molecule has 1 aliphatic carbocycles. The molecule has 1 fully saturated rings. The first-order valence-corrected chi connectivity index (χ1v) is 7.55. The number of rotatable bonds is 4. The van der Waals surface area contributed by atoms with Crippen molar-refractivity contribution in [1.29, 1.82) is 0 Å². The maximum absolute atomic E-state index is 6.01. The molecule has 0 amide bonds. The van der Waals surface area contributed by atoms with E-state index in [4.69, 9.17) is 10.5 Å². The molecule has 112 valence electrons. The highest BCUT2D eigenvalue weighted by molar-refractivity contribution is 5.97. The van der Waals surface area contributed by atoms with E-state index in [2.05, 4.69) is 37.1 Å². The van der Waals surface area contributed by atoms with Crippen LogP contribution in [0.15, 0.2) is 30.5 Å². The van der Waals surface area contributed by atoms with Gasteiger partial charge in [0.2, 0.25) is 0 Å². The predicted molar refractivity (Wildman–Crippen MR) is 87.4 cm³/mol. The van der Waals surface area contributed by atoms with Gasteiger partial charge in [-0.1, -0.05) is 26.0 Å². The third-order valence-electron chi connectivity index (χ3n) is 4.68. The van der Waals surface area contributed by atoms with Gasteiger partial charge in [-0.2, -0.15) is 0 Å². The lowest BCUT2D eigenvalue weighted by Crippen LogP contribution is -2.58. The van der Waals surface area contributed by atoms with Crippen molar-refractivity contribution in [2.24, 2.45) is 5.41 Å². The number of benzene rings is 1. The number of hydrogen-bond acceptors (Lipinski definition) is 4. The topological polar surface area (TPSA) is 60.2 Å². The number of para-hydroxylation sites is 1. The number of nitrogens with zero attached hydrogens (tertiary/aromatic N) is 1. The van der Waals surface area contributed by atoms with Crippen LogP contribution in [0.5, 0.6) is 0 Å². The van der Waals surface area contributed by atoms with Crippen LogP contribution in [0, 0.1) is 5.41 Å². The minimum absolute atomic E-state index is 0.131. The Bertz CT molecular complexity index is 654. The minimum atomic E-state index is 0.131. The van der Waals surface area contributed by atoms with Gasteiger partial charge < -0.3 is 15.8 Å². The van der Waals surface area contributed by atoms with E-state index in [9.17, 15) is 0 Å². The number of anilines is 2. The molecule has 2 unspecified atom stereocenters. The van der Waals surface area contributed by atoms with Crippen molar-refractivity contribution in [3.8, 4) is 0 Å². The molecule has 2 aromatic rings. The van der Waals surface area contributed by atoms with Crippen molar-refractivity contribution in [2.45, 2.75) is 39.3 Å². The monoisotopic (exact) mass is 285 g/mol. The highest BCUT2D eigenvalue weighted by atomic mass is 16.5. The normalized spacial score (nSPS) is 23.8. The second-order valence-corrected chi connectivity index (χ2v) is 6.30. The summed E-state index contributed by atoms with van der Waals surface area (Å²) in [6, 6.07) is 8.34. The Kier molecular flexibility index (Phi) is 3.49. The molecular weight excluding hydrogens is 262 g/mol. The van der Waals surface area contributed by atoms with Gasteiger partial charge in [-0.3, -0.25) is 4.98 Å². The van der Waals surface area contributed by atoms with Crippen LogP contribution in [0.3, 0.4) is 0 Å². The molecule has 1 heterocycles. The first-order chi connectivity index (χ1) is 10.0. The summed E-state index contributed by atoms with van der Waals surface area (Å²) < 4.78 is 5.80. The number of nitrogens with two attached hydrogens (primary N) is 1. The fourth-order valence-electron chi connectivity index (χ4n) is 3.13. The zero-order chi connectivity index (χ0) is 15.0. The third-order valence-corrected chi connectivity index (χ3v) is 4.68. The van der Waals surface area contributed by atoms with Gasteiger partial charge >= 0.3 is 0 Å². The van der Waals surface area contributed by atoms with Crippen molar-refractivity contribution in [1.82, 2.24) is 4.98 Å². The molecule has 0 aliphatic heterocycles. The molecule has 1 aromatic carbocycles. The molecule has 4 nitrogen and oxygen atoms in total. The van der Waals surface area contributed by atoms with E-state index >= 15 is 0 Å². The van der Waals surface area contributed by atoms with Gasteiger partial charge in [-0.25, -0.2) is 0 Å². The average molecular weight is 285 g/mol. The smallest absolute Gasteiger partial charge is 0.0951 e. The standard InChI is InChI=1S/C17H23N3O/c1-4-21-15-10-14(17(15,2)3)20-13-8-9-19-16-11(13)6-5-7-12(16)18/h5-9,14-15H,4,10,18H2,1-3H3,(H,19,20). The van der Waals surface area contributed by atoms with Crippen molar-refractivity contribution < 1.29 is 4.74 Å². The SMILES string of the molecule is CCOC1CC(Nc2ccnc3c(N)cccc23)C1(C)C. The van der Waals surface area contributed by atoms with Crippen LogP contribution in [0.1, 0.15) is 27.2 Å². The van der Waals surface area contributed by atoms with Gasteiger partial charge in [0.1, 0.15) is 0 Å². The number of pyridine rings is 1. The first kappa shape index (κ1) is 14.1. The highest BCUT2D eigenvalue weighted by Crippen LogP contribution is 2.45. The molecule has 1 aromatic heterocycles. The fraction of sp³-hybridized carbons (Fsp3) is 0.471. The third kappa shape index (κ3) is 2.33. The predicted octanol–water partition coefficient (Wildman–Crippen LogP) is 3.43. The van der Waals surface area contributed by atoms with E-state index in [-0.39, 0.29) is 5.41 Å².